The minimum atomic E-state index is -0.139. The molecule has 1 fully saturated rings. The van der Waals surface area contributed by atoms with Crippen molar-refractivity contribution < 1.29 is 4.79 Å². The van der Waals surface area contributed by atoms with Crippen LogP contribution in [0.25, 0.3) is 6.08 Å². The molecule has 0 spiro atoms. The third-order valence-corrected chi connectivity index (χ3v) is 4.80. The minimum Gasteiger partial charge on any atom is -0.353 e. The highest BCUT2D eigenvalue weighted by molar-refractivity contribution is 5.88. The van der Waals surface area contributed by atoms with Crippen molar-refractivity contribution in [3.63, 3.8) is 0 Å². The van der Waals surface area contributed by atoms with Crippen LogP contribution in [0, 0.1) is 6.92 Å². The quantitative estimate of drug-likeness (QED) is 0.581. The zero-order valence-corrected chi connectivity index (χ0v) is 20.9. The largest absolute Gasteiger partial charge is 0.353 e. The predicted octanol–water partition coefficient (Wildman–Crippen LogP) is 5.89. The fourth-order valence-corrected chi connectivity index (χ4v) is 3.46. The number of pyridine rings is 1. The van der Waals surface area contributed by atoms with E-state index in [9.17, 15) is 4.79 Å². The van der Waals surface area contributed by atoms with E-state index in [1.807, 2.05) is 76.9 Å². The maximum atomic E-state index is 12.7. The van der Waals surface area contributed by atoms with Crippen molar-refractivity contribution in [2.45, 2.75) is 61.4 Å². The van der Waals surface area contributed by atoms with E-state index in [0.29, 0.717) is 12.5 Å². The van der Waals surface area contributed by atoms with Crippen LogP contribution < -0.4 is 10.2 Å². The SMILES string of the molecule is C/C=C\C(C)=C/c1cnc(NC(=O)N2CCN(c3ncccc3C)CC2C)[nH]1.CC.CC. The van der Waals surface area contributed by atoms with Crippen molar-refractivity contribution in [2.24, 2.45) is 0 Å². The van der Waals surface area contributed by atoms with Crippen LogP contribution in [-0.2, 0) is 0 Å². The summed E-state index contributed by atoms with van der Waals surface area (Å²) in [5.74, 6) is 1.45. The number of hydrogen-bond donors (Lipinski definition) is 2. The zero-order valence-electron chi connectivity index (χ0n) is 20.9. The van der Waals surface area contributed by atoms with Crippen LogP contribution >= 0.6 is 0 Å². The van der Waals surface area contributed by atoms with E-state index in [-0.39, 0.29) is 12.1 Å². The van der Waals surface area contributed by atoms with Crippen LogP contribution in [0.1, 0.15) is 59.7 Å². The molecule has 2 amide bonds. The van der Waals surface area contributed by atoms with Crippen LogP contribution in [-0.4, -0.2) is 51.6 Å². The Labute approximate surface area is 193 Å². The number of rotatable bonds is 4. The van der Waals surface area contributed by atoms with Crippen LogP contribution in [0.2, 0.25) is 0 Å². The lowest BCUT2D eigenvalue weighted by Gasteiger charge is -2.40. The smallest absolute Gasteiger partial charge is 0.324 e. The first-order chi connectivity index (χ1) is 15.5. The minimum absolute atomic E-state index is 0.0708. The van der Waals surface area contributed by atoms with E-state index in [2.05, 4.69) is 45.1 Å². The van der Waals surface area contributed by atoms with Crippen molar-refractivity contribution >= 4 is 23.9 Å². The topological polar surface area (TPSA) is 77.2 Å². The molecule has 176 valence electrons. The summed E-state index contributed by atoms with van der Waals surface area (Å²) >= 11 is 0. The molecule has 7 nitrogen and oxygen atoms in total. The molecule has 32 heavy (non-hydrogen) atoms. The van der Waals surface area contributed by atoms with Gasteiger partial charge in [-0.15, -0.1) is 0 Å². The number of allylic oxidation sites excluding steroid dienone is 3. The molecule has 1 atom stereocenters. The van der Waals surface area contributed by atoms with E-state index >= 15 is 0 Å². The summed E-state index contributed by atoms with van der Waals surface area (Å²) in [7, 11) is 0. The lowest BCUT2D eigenvalue weighted by molar-refractivity contribution is 0.184. The van der Waals surface area contributed by atoms with Crippen molar-refractivity contribution in [3.8, 4) is 0 Å². The second-order valence-electron chi connectivity index (χ2n) is 7.14. The number of carbonyl (C=O) groups is 1. The number of aryl methyl sites for hydroxylation is 1. The second-order valence-corrected chi connectivity index (χ2v) is 7.14. The van der Waals surface area contributed by atoms with Crippen LogP contribution in [0.3, 0.4) is 0 Å². The molecule has 1 aliphatic heterocycles. The summed E-state index contributed by atoms with van der Waals surface area (Å²) in [6.45, 7) is 18.3. The van der Waals surface area contributed by atoms with Gasteiger partial charge >= 0.3 is 6.03 Å². The Balaban J connectivity index is 0.00000121. The number of nitrogens with one attached hydrogen (secondary N) is 2. The fraction of sp³-hybridized carbons (Fsp3) is 0.480. The van der Waals surface area contributed by atoms with Gasteiger partial charge in [-0.3, -0.25) is 5.32 Å². The van der Waals surface area contributed by atoms with Crippen molar-refractivity contribution in [1.82, 2.24) is 19.9 Å². The molecule has 0 aliphatic carbocycles. The highest BCUT2D eigenvalue weighted by Gasteiger charge is 2.29. The molecular formula is C25H40N6O. The Morgan fingerprint density at radius 3 is 2.56 bits per heavy atom. The summed E-state index contributed by atoms with van der Waals surface area (Å²) in [6, 6.07) is 3.94. The summed E-state index contributed by atoms with van der Waals surface area (Å²) in [4.78, 5) is 28.7. The lowest BCUT2D eigenvalue weighted by Crippen LogP contribution is -2.55. The maximum absolute atomic E-state index is 12.7. The van der Waals surface area contributed by atoms with E-state index in [4.69, 9.17) is 0 Å². The Kier molecular flexibility index (Phi) is 11.8. The molecule has 0 saturated carbocycles. The maximum Gasteiger partial charge on any atom is 0.324 e. The van der Waals surface area contributed by atoms with Gasteiger partial charge in [0.2, 0.25) is 5.95 Å². The molecule has 3 heterocycles. The van der Waals surface area contributed by atoms with E-state index in [1.54, 1.807) is 6.20 Å². The average molecular weight is 441 g/mol. The predicted molar refractivity (Wildman–Crippen MR) is 136 cm³/mol. The number of piperazine rings is 1. The van der Waals surface area contributed by atoms with E-state index in [1.165, 1.54) is 0 Å². The number of hydrogen-bond acceptors (Lipinski definition) is 4. The number of carbonyl (C=O) groups excluding carboxylic acids is 1. The molecule has 7 heteroatoms. The summed E-state index contributed by atoms with van der Waals surface area (Å²) in [5, 5.41) is 2.87. The Morgan fingerprint density at radius 2 is 1.94 bits per heavy atom. The molecule has 1 unspecified atom stereocenters. The number of H-pyrrole nitrogens is 1. The molecule has 2 aromatic heterocycles. The molecule has 1 aliphatic rings. The molecule has 1 saturated heterocycles. The normalized spacial score (nSPS) is 16.1. The standard InChI is InChI=1S/C21H28N6O.2C2H6/c1-5-7-15(2)12-18-13-23-20(24-18)25-21(28)27-11-10-26(14-17(27)4)19-16(3)8-6-9-22-19;2*1-2/h5-9,12-13,17H,10-11,14H2,1-4H3,(H2,23,24,25,28);2*1-2H3/b7-5-,15-12-;;. The molecule has 2 aromatic rings. The fourth-order valence-electron chi connectivity index (χ4n) is 3.46. The monoisotopic (exact) mass is 440 g/mol. The first-order valence-electron chi connectivity index (χ1n) is 11.6. The van der Waals surface area contributed by atoms with Gasteiger partial charge in [-0.2, -0.15) is 0 Å². The van der Waals surface area contributed by atoms with Crippen molar-refractivity contribution in [1.29, 1.82) is 0 Å². The third-order valence-electron chi connectivity index (χ3n) is 4.80. The molecule has 2 N–H and O–H groups in total. The Hall–Kier alpha value is -3.09. The van der Waals surface area contributed by atoms with Crippen LogP contribution in [0.15, 0.2) is 42.3 Å². The second kappa shape index (κ2) is 14.1. The number of urea groups is 1. The summed E-state index contributed by atoms with van der Waals surface area (Å²) in [5.41, 5.74) is 3.12. The number of imidazole rings is 1. The first-order valence-corrected chi connectivity index (χ1v) is 11.6. The van der Waals surface area contributed by atoms with E-state index < -0.39 is 0 Å². The molecule has 3 rings (SSSR count). The van der Waals surface area contributed by atoms with Gasteiger partial charge in [0.05, 0.1) is 11.9 Å². The number of aromatic nitrogens is 3. The zero-order chi connectivity index (χ0) is 24.1. The number of aromatic amines is 1. The highest BCUT2D eigenvalue weighted by atomic mass is 16.2. The molecule has 0 aromatic carbocycles. The first kappa shape index (κ1) is 26.9. The van der Waals surface area contributed by atoms with Crippen molar-refractivity contribution in [2.75, 3.05) is 29.9 Å². The van der Waals surface area contributed by atoms with Gasteiger partial charge in [0.1, 0.15) is 5.82 Å². The van der Waals surface area contributed by atoms with Gasteiger partial charge in [-0.1, -0.05) is 45.9 Å². The van der Waals surface area contributed by atoms with Crippen molar-refractivity contribution in [3.05, 3.63) is 53.5 Å². The van der Waals surface area contributed by atoms with Gasteiger partial charge in [-0.25, -0.2) is 14.8 Å². The Morgan fingerprint density at radius 1 is 1.22 bits per heavy atom. The van der Waals surface area contributed by atoms with Gasteiger partial charge < -0.3 is 14.8 Å². The van der Waals surface area contributed by atoms with Crippen LogP contribution in [0.4, 0.5) is 16.6 Å². The third kappa shape index (κ3) is 7.55. The number of amides is 2. The number of anilines is 2. The summed E-state index contributed by atoms with van der Waals surface area (Å²) < 4.78 is 0. The number of nitrogens with zero attached hydrogens (tertiary/aromatic N) is 4. The average Bonchev–Trinajstić information content (AvgIpc) is 3.23. The van der Waals surface area contributed by atoms with Gasteiger partial charge in [0.25, 0.3) is 0 Å². The lowest BCUT2D eigenvalue weighted by atomic mass is 10.1. The van der Waals surface area contributed by atoms with Crippen LogP contribution in [0.5, 0.6) is 0 Å². The van der Waals surface area contributed by atoms with Gasteiger partial charge in [-0.05, 0) is 51.0 Å². The van der Waals surface area contributed by atoms with Gasteiger partial charge in [0.15, 0.2) is 0 Å². The van der Waals surface area contributed by atoms with Gasteiger partial charge in [0, 0.05) is 31.9 Å². The Bertz CT molecular complexity index is 886. The highest BCUT2D eigenvalue weighted by Crippen LogP contribution is 2.21. The molecule has 0 radical (unpaired) electrons. The molecule has 0 bridgehead atoms. The summed E-state index contributed by atoms with van der Waals surface area (Å²) in [6.07, 6.45) is 9.52. The molecular weight excluding hydrogens is 400 g/mol. The van der Waals surface area contributed by atoms with E-state index in [0.717, 1.165) is 35.7 Å².